The Balaban J connectivity index is 1.53. The van der Waals surface area contributed by atoms with Gasteiger partial charge in [0.25, 0.3) is 0 Å². The SMILES string of the molecule is CC(C)N1CCC2(CC1)Oc1ccccc1C1CC(c3ccc(Cl)c(Cl)c3)=NN12. The van der Waals surface area contributed by atoms with E-state index < -0.39 is 0 Å². The molecule has 0 bridgehead atoms. The van der Waals surface area contributed by atoms with Crippen LogP contribution in [0.25, 0.3) is 0 Å². The summed E-state index contributed by atoms with van der Waals surface area (Å²) in [6.45, 7) is 6.55. The highest BCUT2D eigenvalue weighted by atomic mass is 35.5. The minimum Gasteiger partial charge on any atom is -0.466 e. The molecule has 6 heteroatoms. The Morgan fingerprint density at radius 1 is 1.07 bits per heavy atom. The van der Waals surface area contributed by atoms with Crippen molar-refractivity contribution in [3.8, 4) is 5.75 Å². The lowest BCUT2D eigenvalue weighted by Crippen LogP contribution is -2.59. The number of rotatable bonds is 2. The average molecular weight is 430 g/mol. The molecule has 5 rings (SSSR count). The van der Waals surface area contributed by atoms with Crippen molar-refractivity contribution in [2.45, 2.75) is 50.9 Å². The second kappa shape index (κ2) is 7.19. The fourth-order valence-electron chi connectivity index (χ4n) is 4.80. The Labute approximate surface area is 182 Å². The Morgan fingerprint density at radius 2 is 1.83 bits per heavy atom. The Bertz CT molecular complexity index is 966. The molecule has 3 aliphatic heterocycles. The van der Waals surface area contributed by atoms with Gasteiger partial charge in [0, 0.05) is 44.0 Å². The van der Waals surface area contributed by atoms with Crippen LogP contribution >= 0.6 is 23.2 Å². The zero-order valence-corrected chi connectivity index (χ0v) is 18.2. The number of para-hydroxylation sites is 1. The number of nitrogens with zero attached hydrogens (tertiary/aromatic N) is 3. The van der Waals surface area contributed by atoms with Crippen molar-refractivity contribution in [3.05, 3.63) is 63.6 Å². The van der Waals surface area contributed by atoms with Gasteiger partial charge >= 0.3 is 0 Å². The first-order valence-corrected chi connectivity index (χ1v) is 11.1. The maximum absolute atomic E-state index is 6.67. The molecule has 0 N–H and O–H groups in total. The molecule has 2 aromatic rings. The van der Waals surface area contributed by atoms with Gasteiger partial charge in [0.2, 0.25) is 5.72 Å². The van der Waals surface area contributed by atoms with Crippen LogP contribution in [0.5, 0.6) is 5.75 Å². The van der Waals surface area contributed by atoms with Gasteiger partial charge in [-0.25, -0.2) is 5.01 Å². The van der Waals surface area contributed by atoms with E-state index in [1.165, 1.54) is 5.56 Å². The Morgan fingerprint density at radius 3 is 2.55 bits per heavy atom. The van der Waals surface area contributed by atoms with Crippen LogP contribution in [0.3, 0.4) is 0 Å². The third-order valence-electron chi connectivity index (χ3n) is 6.47. The van der Waals surface area contributed by atoms with E-state index >= 15 is 0 Å². The van der Waals surface area contributed by atoms with E-state index in [2.05, 4.69) is 48.0 Å². The maximum Gasteiger partial charge on any atom is 0.200 e. The molecule has 0 aromatic heterocycles. The number of fused-ring (bicyclic) bond motifs is 4. The molecule has 1 spiro atoms. The zero-order chi connectivity index (χ0) is 20.2. The summed E-state index contributed by atoms with van der Waals surface area (Å²) >= 11 is 12.4. The molecule has 1 unspecified atom stereocenters. The molecule has 1 atom stereocenters. The van der Waals surface area contributed by atoms with Gasteiger partial charge in [-0.2, -0.15) is 5.10 Å². The first-order valence-electron chi connectivity index (χ1n) is 10.3. The van der Waals surface area contributed by atoms with Crippen LogP contribution in [0.2, 0.25) is 10.0 Å². The fraction of sp³-hybridized carbons (Fsp3) is 0.435. The molecule has 29 heavy (non-hydrogen) atoms. The predicted octanol–water partition coefficient (Wildman–Crippen LogP) is 5.74. The van der Waals surface area contributed by atoms with Crippen LogP contribution in [-0.4, -0.2) is 40.5 Å². The summed E-state index contributed by atoms with van der Waals surface area (Å²) in [6.07, 6.45) is 2.72. The molecule has 152 valence electrons. The Hall–Kier alpha value is -1.75. The van der Waals surface area contributed by atoms with Gasteiger partial charge in [-0.3, -0.25) is 0 Å². The normalized spacial score (nSPS) is 23.0. The van der Waals surface area contributed by atoms with E-state index in [-0.39, 0.29) is 11.8 Å². The molecule has 1 fully saturated rings. The number of ether oxygens (including phenoxy) is 1. The van der Waals surface area contributed by atoms with Crippen LogP contribution in [0.4, 0.5) is 0 Å². The van der Waals surface area contributed by atoms with Crippen molar-refractivity contribution in [1.82, 2.24) is 9.91 Å². The number of hydrazone groups is 1. The van der Waals surface area contributed by atoms with Crippen molar-refractivity contribution in [1.29, 1.82) is 0 Å². The van der Waals surface area contributed by atoms with Crippen molar-refractivity contribution < 1.29 is 4.74 Å². The topological polar surface area (TPSA) is 28.1 Å². The highest BCUT2D eigenvalue weighted by molar-refractivity contribution is 6.42. The molecule has 3 aliphatic rings. The summed E-state index contributed by atoms with van der Waals surface area (Å²) in [7, 11) is 0. The van der Waals surface area contributed by atoms with E-state index in [1.54, 1.807) is 0 Å². The van der Waals surface area contributed by atoms with Gasteiger partial charge < -0.3 is 9.64 Å². The molecule has 0 saturated carbocycles. The first-order chi connectivity index (χ1) is 14.0. The minimum atomic E-state index is -0.387. The molecule has 0 amide bonds. The van der Waals surface area contributed by atoms with Crippen LogP contribution in [0.1, 0.15) is 50.3 Å². The van der Waals surface area contributed by atoms with Crippen molar-refractivity contribution in [2.75, 3.05) is 13.1 Å². The highest BCUT2D eigenvalue weighted by Crippen LogP contribution is 2.50. The van der Waals surface area contributed by atoms with Crippen molar-refractivity contribution in [3.63, 3.8) is 0 Å². The summed E-state index contributed by atoms with van der Waals surface area (Å²) < 4.78 is 6.67. The first kappa shape index (κ1) is 19.2. The number of halogens is 2. The third-order valence-corrected chi connectivity index (χ3v) is 7.21. The molecule has 4 nitrogen and oxygen atoms in total. The highest BCUT2D eigenvalue weighted by Gasteiger charge is 2.51. The zero-order valence-electron chi connectivity index (χ0n) is 16.7. The number of likely N-dealkylation sites (tertiary alicyclic amines) is 1. The van der Waals surface area contributed by atoms with E-state index in [1.807, 2.05) is 18.2 Å². The van der Waals surface area contributed by atoms with Gasteiger partial charge in [0.1, 0.15) is 5.75 Å². The van der Waals surface area contributed by atoms with E-state index in [4.69, 9.17) is 33.0 Å². The van der Waals surface area contributed by atoms with Crippen LogP contribution in [0.15, 0.2) is 47.6 Å². The second-order valence-electron chi connectivity index (χ2n) is 8.46. The van der Waals surface area contributed by atoms with Gasteiger partial charge in [-0.05, 0) is 37.6 Å². The van der Waals surface area contributed by atoms with Gasteiger partial charge in [-0.1, -0.05) is 47.5 Å². The van der Waals surface area contributed by atoms with Crippen molar-refractivity contribution in [2.24, 2.45) is 5.10 Å². The number of piperidine rings is 1. The monoisotopic (exact) mass is 429 g/mol. The van der Waals surface area contributed by atoms with Gasteiger partial charge in [0.15, 0.2) is 0 Å². The average Bonchev–Trinajstić information content (AvgIpc) is 3.17. The summed E-state index contributed by atoms with van der Waals surface area (Å²) in [5, 5.41) is 8.47. The number of hydrogen-bond acceptors (Lipinski definition) is 4. The summed E-state index contributed by atoms with van der Waals surface area (Å²) in [5.41, 5.74) is 2.89. The van der Waals surface area contributed by atoms with Crippen LogP contribution in [0, 0.1) is 0 Å². The smallest absolute Gasteiger partial charge is 0.200 e. The molecule has 0 aliphatic carbocycles. The third kappa shape index (κ3) is 3.22. The fourth-order valence-corrected chi connectivity index (χ4v) is 5.10. The lowest BCUT2D eigenvalue weighted by atomic mass is 9.90. The molecule has 2 aromatic carbocycles. The minimum absolute atomic E-state index is 0.190. The van der Waals surface area contributed by atoms with Gasteiger partial charge in [0.05, 0.1) is 21.8 Å². The predicted molar refractivity (Wildman–Crippen MR) is 118 cm³/mol. The molecule has 3 heterocycles. The van der Waals surface area contributed by atoms with Gasteiger partial charge in [-0.15, -0.1) is 0 Å². The van der Waals surface area contributed by atoms with E-state index in [9.17, 15) is 0 Å². The molecular formula is C23H25Cl2N3O. The summed E-state index contributed by atoms with van der Waals surface area (Å²) in [6, 6.07) is 14.9. The quantitative estimate of drug-likeness (QED) is 0.609. The molecule has 1 saturated heterocycles. The second-order valence-corrected chi connectivity index (χ2v) is 9.27. The van der Waals surface area contributed by atoms with E-state index in [0.29, 0.717) is 16.1 Å². The lowest BCUT2D eigenvalue weighted by Gasteiger charge is -2.51. The van der Waals surface area contributed by atoms with Crippen molar-refractivity contribution >= 4 is 28.9 Å². The summed E-state index contributed by atoms with van der Waals surface area (Å²) in [4.78, 5) is 2.52. The Kier molecular flexibility index (Phi) is 4.77. The van der Waals surface area contributed by atoms with Crippen LogP contribution in [-0.2, 0) is 0 Å². The largest absolute Gasteiger partial charge is 0.466 e. The summed E-state index contributed by atoms with van der Waals surface area (Å²) in [5.74, 6) is 0.998. The molecule has 0 radical (unpaired) electrons. The molecular weight excluding hydrogens is 405 g/mol. The number of hydrogen-bond donors (Lipinski definition) is 0. The van der Waals surface area contributed by atoms with Crippen LogP contribution < -0.4 is 4.74 Å². The lowest BCUT2D eigenvalue weighted by molar-refractivity contribution is -0.152. The van der Waals surface area contributed by atoms with E-state index in [0.717, 1.165) is 49.4 Å². The standard InChI is InChI=1S/C23H25Cl2N3O/c1-15(2)27-11-9-23(10-12-27)28-21(17-5-3-4-6-22(17)29-23)14-20(26-28)16-7-8-18(24)19(25)13-16/h3-8,13,15,21H,9-12,14H2,1-2H3. The number of benzene rings is 2. The maximum atomic E-state index is 6.67.